The van der Waals surface area contributed by atoms with Crippen molar-refractivity contribution in [1.29, 1.82) is 0 Å². The number of sulfonamides is 1. The molecule has 152 valence electrons. The first-order valence-electron chi connectivity index (χ1n) is 8.55. The van der Waals surface area contributed by atoms with Crippen molar-refractivity contribution in [2.24, 2.45) is 5.14 Å². The molecule has 5 nitrogen and oxygen atoms in total. The number of hydrogen-bond acceptors (Lipinski definition) is 3. The van der Waals surface area contributed by atoms with Crippen molar-refractivity contribution in [2.75, 3.05) is 0 Å². The highest BCUT2D eigenvalue weighted by Crippen LogP contribution is 2.44. The summed E-state index contributed by atoms with van der Waals surface area (Å²) in [5.41, 5.74) is -0.207. The number of rotatable bonds is 4. The Morgan fingerprint density at radius 1 is 1.07 bits per heavy atom. The standard InChI is InChI=1S/C20H18F3N3O2S/c1-3-12-26-19(20(21,22)23)17(14-10-8-13(2)9-11-14)18(25-26)15-6-4-5-7-16(15)29(24,27)28/h3-12H,1-2H3,(H2,24,27,28). The average Bonchev–Trinajstić information content (AvgIpc) is 3.01. The number of halogens is 3. The Bertz CT molecular complexity index is 1180. The molecule has 0 aliphatic carbocycles. The average molecular weight is 421 g/mol. The Balaban J connectivity index is 2.47. The van der Waals surface area contributed by atoms with Gasteiger partial charge in [0.2, 0.25) is 10.0 Å². The van der Waals surface area contributed by atoms with Crippen molar-refractivity contribution >= 4 is 16.2 Å². The Morgan fingerprint density at radius 3 is 2.24 bits per heavy atom. The number of aromatic nitrogens is 2. The molecule has 1 heterocycles. The van der Waals surface area contributed by atoms with E-state index in [0.717, 1.165) is 5.56 Å². The summed E-state index contributed by atoms with van der Waals surface area (Å²) < 4.78 is 66.9. The van der Waals surface area contributed by atoms with Gasteiger partial charge in [-0.05, 0) is 25.5 Å². The van der Waals surface area contributed by atoms with Crippen LogP contribution in [0.2, 0.25) is 0 Å². The third-order valence-electron chi connectivity index (χ3n) is 4.26. The van der Waals surface area contributed by atoms with E-state index in [9.17, 15) is 21.6 Å². The van der Waals surface area contributed by atoms with Crippen LogP contribution in [0.4, 0.5) is 13.2 Å². The fraction of sp³-hybridized carbons (Fsp3) is 0.150. The Labute approximate surface area is 166 Å². The summed E-state index contributed by atoms with van der Waals surface area (Å²) in [5.74, 6) is 0. The second-order valence-electron chi connectivity index (χ2n) is 6.40. The number of alkyl halides is 3. The topological polar surface area (TPSA) is 78.0 Å². The van der Waals surface area contributed by atoms with E-state index in [2.05, 4.69) is 5.10 Å². The minimum Gasteiger partial charge on any atom is -0.235 e. The summed E-state index contributed by atoms with van der Waals surface area (Å²) >= 11 is 0. The van der Waals surface area contributed by atoms with E-state index >= 15 is 0 Å². The summed E-state index contributed by atoms with van der Waals surface area (Å²) in [6.45, 7) is 3.38. The lowest BCUT2D eigenvalue weighted by Crippen LogP contribution is -2.13. The Hall–Kier alpha value is -2.91. The van der Waals surface area contributed by atoms with Crippen molar-refractivity contribution in [2.45, 2.75) is 24.9 Å². The van der Waals surface area contributed by atoms with Crippen LogP contribution < -0.4 is 5.14 Å². The molecule has 0 atom stereocenters. The lowest BCUT2D eigenvalue weighted by Gasteiger charge is -2.12. The van der Waals surface area contributed by atoms with Gasteiger partial charge in [-0.2, -0.15) is 18.3 Å². The number of nitrogens with two attached hydrogens (primary N) is 1. The van der Waals surface area contributed by atoms with Crippen molar-refractivity contribution in [1.82, 2.24) is 9.78 Å². The molecule has 1 aromatic heterocycles. The van der Waals surface area contributed by atoms with Crippen LogP contribution in [0.25, 0.3) is 28.6 Å². The highest BCUT2D eigenvalue weighted by Gasteiger charge is 2.40. The van der Waals surface area contributed by atoms with Gasteiger partial charge in [-0.3, -0.25) is 0 Å². The van der Waals surface area contributed by atoms with Crippen LogP contribution in [0.3, 0.4) is 0 Å². The number of primary sulfonamides is 1. The van der Waals surface area contributed by atoms with Crippen LogP contribution >= 0.6 is 0 Å². The first-order chi connectivity index (χ1) is 13.5. The summed E-state index contributed by atoms with van der Waals surface area (Å²) in [4.78, 5) is -0.299. The molecule has 0 bridgehead atoms. The van der Waals surface area contributed by atoms with E-state index in [1.807, 2.05) is 6.92 Å². The quantitative estimate of drug-likeness (QED) is 0.664. The fourth-order valence-corrected chi connectivity index (χ4v) is 3.79. The number of nitrogens with zero attached hydrogens (tertiary/aromatic N) is 2. The lowest BCUT2D eigenvalue weighted by molar-refractivity contribution is -0.142. The molecule has 0 fully saturated rings. The maximum atomic E-state index is 14.0. The molecular formula is C20H18F3N3O2S. The predicted molar refractivity (Wildman–Crippen MR) is 105 cm³/mol. The van der Waals surface area contributed by atoms with E-state index in [1.54, 1.807) is 31.2 Å². The zero-order chi connectivity index (χ0) is 21.4. The second-order valence-corrected chi connectivity index (χ2v) is 7.93. The smallest absolute Gasteiger partial charge is 0.235 e. The van der Waals surface area contributed by atoms with Gasteiger partial charge in [0.1, 0.15) is 5.69 Å². The van der Waals surface area contributed by atoms with Gasteiger partial charge in [0.05, 0.1) is 4.90 Å². The van der Waals surface area contributed by atoms with Gasteiger partial charge in [-0.15, -0.1) is 0 Å². The molecule has 3 rings (SSSR count). The van der Waals surface area contributed by atoms with Crippen LogP contribution in [-0.4, -0.2) is 18.2 Å². The molecule has 0 aliphatic rings. The normalized spacial score (nSPS) is 12.6. The molecule has 9 heteroatoms. The monoisotopic (exact) mass is 421 g/mol. The molecular weight excluding hydrogens is 403 g/mol. The van der Waals surface area contributed by atoms with E-state index < -0.39 is 21.9 Å². The zero-order valence-electron chi connectivity index (χ0n) is 15.6. The Morgan fingerprint density at radius 2 is 1.69 bits per heavy atom. The highest BCUT2D eigenvalue weighted by atomic mass is 32.2. The number of hydrogen-bond donors (Lipinski definition) is 1. The van der Waals surface area contributed by atoms with E-state index in [-0.39, 0.29) is 27.3 Å². The summed E-state index contributed by atoms with van der Waals surface area (Å²) in [5, 5.41) is 9.39. The van der Waals surface area contributed by atoms with Gasteiger partial charge in [0, 0.05) is 17.3 Å². The molecule has 0 saturated heterocycles. The van der Waals surface area contributed by atoms with Crippen molar-refractivity contribution in [3.8, 4) is 22.4 Å². The van der Waals surface area contributed by atoms with Crippen molar-refractivity contribution in [3.05, 3.63) is 65.9 Å². The maximum absolute atomic E-state index is 14.0. The zero-order valence-corrected chi connectivity index (χ0v) is 16.4. The number of allylic oxidation sites excluding steroid dienone is 1. The number of benzene rings is 2. The minimum absolute atomic E-state index is 0.000622. The largest absolute Gasteiger partial charge is 0.434 e. The van der Waals surface area contributed by atoms with Crippen LogP contribution in [-0.2, 0) is 16.2 Å². The third kappa shape index (κ3) is 4.10. The highest BCUT2D eigenvalue weighted by molar-refractivity contribution is 7.89. The molecule has 0 unspecified atom stereocenters. The number of aryl methyl sites for hydroxylation is 1. The fourth-order valence-electron chi connectivity index (χ4n) is 3.05. The van der Waals surface area contributed by atoms with Gasteiger partial charge in [-0.1, -0.05) is 54.1 Å². The second kappa shape index (κ2) is 7.49. The summed E-state index contributed by atoms with van der Waals surface area (Å²) in [6.07, 6.45) is -2.15. The van der Waals surface area contributed by atoms with Crippen molar-refractivity contribution in [3.63, 3.8) is 0 Å². The third-order valence-corrected chi connectivity index (χ3v) is 5.23. The SMILES string of the molecule is CC=Cn1nc(-c2ccccc2S(N)(=O)=O)c(-c2ccc(C)cc2)c1C(F)(F)F. The molecule has 0 radical (unpaired) electrons. The van der Waals surface area contributed by atoms with E-state index in [1.165, 1.54) is 36.5 Å². The van der Waals surface area contributed by atoms with E-state index in [0.29, 0.717) is 4.68 Å². The first-order valence-corrected chi connectivity index (χ1v) is 10.1. The van der Waals surface area contributed by atoms with E-state index in [4.69, 9.17) is 5.14 Å². The molecule has 2 aromatic carbocycles. The van der Waals surface area contributed by atoms with Crippen molar-refractivity contribution < 1.29 is 21.6 Å². The summed E-state index contributed by atoms with van der Waals surface area (Å²) in [6, 6.07) is 12.0. The summed E-state index contributed by atoms with van der Waals surface area (Å²) in [7, 11) is -4.19. The Kier molecular flexibility index (Phi) is 5.38. The van der Waals surface area contributed by atoms with Crippen LogP contribution in [0.1, 0.15) is 18.2 Å². The molecule has 3 aromatic rings. The van der Waals surface area contributed by atoms with Gasteiger partial charge in [0.15, 0.2) is 5.69 Å². The van der Waals surface area contributed by atoms with Gasteiger partial charge in [0.25, 0.3) is 0 Å². The molecule has 0 spiro atoms. The van der Waals surface area contributed by atoms with Crippen LogP contribution in [0.15, 0.2) is 59.5 Å². The molecule has 29 heavy (non-hydrogen) atoms. The van der Waals surface area contributed by atoms with Gasteiger partial charge < -0.3 is 0 Å². The molecule has 0 saturated carbocycles. The molecule has 0 amide bonds. The predicted octanol–water partition coefficient (Wildman–Crippen LogP) is 4.68. The first kappa shape index (κ1) is 20.8. The van der Waals surface area contributed by atoms with Crippen LogP contribution in [0, 0.1) is 6.92 Å². The minimum atomic E-state index is -4.73. The van der Waals surface area contributed by atoms with Gasteiger partial charge >= 0.3 is 6.18 Å². The van der Waals surface area contributed by atoms with Crippen LogP contribution in [0.5, 0.6) is 0 Å². The maximum Gasteiger partial charge on any atom is 0.434 e. The van der Waals surface area contributed by atoms with Gasteiger partial charge in [-0.25, -0.2) is 18.2 Å². The molecule has 0 aliphatic heterocycles. The molecule has 2 N–H and O–H groups in total. The lowest BCUT2D eigenvalue weighted by atomic mass is 9.97.